The van der Waals surface area contributed by atoms with E-state index >= 15 is 0 Å². The minimum Gasteiger partial charge on any atom is -0.387 e. The molecule has 3 aromatic rings. The van der Waals surface area contributed by atoms with Gasteiger partial charge in [0.05, 0.1) is 0 Å². The molecule has 2 aromatic carbocycles. The number of fused-ring (bicyclic) bond motifs is 5. The lowest BCUT2D eigenvalue weighted by Crippen LogP contribution is -2.31. The second-order valence-electron chi connectivity index (χ2n) is 4.54. The van der Waals surface area contributed by atoms with E-state index in [1.54, 1.807) is 0 Å². The van der Waals surface area contributed by atoms with Gasteiger partial charge in [-0.1, -0.05) is 40.2 Å². The highest BCUT2D eigenvalue weighted by Crippen LogP contribution is 2.28. The zero-order valence-corrected chi connectivity index (χ0v) is 11.2. The highest BCUT2D eigenvalue weighted by Gasteiger charge is 2.09. The lowest BCUT2D eigenvalue weighted by molar-refractivity contribution is 1.05. The van der Waals surface area contributed by atoms with Crippen molar-refractivity contribution in [2.75, 3.05) is 6.54 Å². The van der Waals surface area contributed by atoms with E-state index in [9.17, 15) is 0 Å². The van der Waals surface area contributed by atoms with E-state index in [-0.39, 0.29) is 0 Å². The van der Waals surface area contributed by atoms with Crippen molar-refractivity contribution < 1.29 is 0 Å². The molecule has 4 rings (SSSR count). The van der Waals surface area contributed by atoms with Crippen molar-refractivity contribution in [2.24, 2.45) is 0 Å². The van der Waals surface area contributed by atoms with Gasteiger partial charge in [-0.05, 0) is 22.9 Å². The molecule has 0 spiro atoms. The summed E-state index contributed by atoms with van der Waals surface area (Å²) < 4.78 is 1.14. The van der Waals surface area contributed by atoms with E-state index in [0.29, 0.717) is 0 Å². The van der Waals surface area contributed by atoms with Gasteiger partial charge in [0.15, 0.2) is 0 Å². The van der Waals surface area contributed by atoms with E-state index in [1.807, 2.05) is 0 Å². The molecule has 1 aromatic heterocycles. The number of hydrogen-bond acceptors (Lipinski definition) is 1. The summed E-state index contributed by atoms with van der Waals surface area (Å²) in [4.78, 5) is 3.49. The first-order valence-electron chi connectivity index (χ1n) is 5.97. The maximum absolute atomic E-state index is 3.66. The van der Waals surface area contributed by atoms with Crippen LogP contribution in [0.4, 0.5) is 0 Å². The molecule has 2 heterocycles. The molecular weight excluding hydrogens is 288 g/mol. The second-order valence-corrected chi connectivity index (χ2v) is 5.39. The summed E-state index contributed by atoms with van der Waals surface area (Å²) in [5, 5.41) is 9.60. The van der Waals surface area contributed by atoms with Crippen molar-refractivity contribution in [3.05, 3.63) is 45.4 Å². The van der Waals surface area contributed by atoms with Gasteiger partial charge in [-0.15, -0.1) is 0 Å². The predicted molar refractivity (Wildman–Crippen MR) is 79.7 cm³/mol. The third-order valence-electron chi connectivity index (χ3n) is 3.49. The molecule has 88 valence electrons. The highest BCUT2D eigenvalue weighted by atomic mass is 79.9. The monoisotopic (exact) mass is 298 g/mol. The first-order chi connectivity index (χ1) is 8.84. The molecule has 1 aliphatic heterocycles. The van der Waals surface area contributed by atoms with Crippen LogP contribution in [0.1, 0.15) is 0 Å². The van der Waals surface area contributed by atoms with Crippen LogP contribution < -0.4 is 15.9 Å². The van der Waals surface area contributed by atoms with Gasteiger partial charge < -0.3 is 10.3 Å². The van der Waals surface area contributed by atoms with Crippen molar-refractivity contribution in [3.8, 4) is 0 Å². The molecule has 0 saturated heterocycles. The summed E-state index contributed by atoms with van der Waals surface area (Å²) in [6.07, 6.45) is 4.30. The van der Waals surface area contributed by atoms with Gasteiger partial charge in [0, 0.05) is 38.7 Å². The zero-order valence-electron chi connectivity index (χ0n) is 9.63. The molecule has 0 atom stereocenters. The van der Waals surface area contributed by atoms with Gasteiger partial charge in [-0.3, -0.25) is 0 Å². The molecule has 0 unspecified atom stereocenters. The van der Waals surface area contributed by atoms with Crippen LogP contribution in [0.25, 0.3) is 34.0 Å². The first kappa shape index (κ1) is 10.2. The molecule has 18 heavy (non-hydrogen) atoms. The lowest BCUT2D eigenvalue weighted by Gasteiger charge is -2.03. The minimum absolute atomic E-state index is 0.888. The molecule has 3 heteroatoms. The van der Waals surface area contributed by atoms with Crippen LogP contribution in [0.15, 0.2) is 34.8 Å². The fraction of sp³-hybridized carbons (Fsp3) is 0.0667. The van der Waals surface area contributed by atoms with Crippen LogP contribution in [0.3, 0.4) is 0 Å². The van der Waals surface area contributed by atoms with Crippen molar-refractivity contribution in [1.29, 1.82) is 0 Å². The van der Waals surface area contributed by atoms with Crippen LogP contribution in [0.5, 0.6) is 0 Å². The SMILES string of the molecule is Brc1cc2[nH]c3c(c2c2ccccc12)=CNCC=3. The maximum Gasteiger partial charge on any atom is 0.0483 e. The number of benzene rings is 2. The number of hydrogen-bond donors (Lipinski definition) is 2. The van der Waals surface area contributed by atoms with E-state index in [2.05, 4.69) is 68.8 Å². The Labute approximate surface area is 112 Å². The van der Waals surface area contributed by atoms with E-state index in [1.165, 1.54) is 32.2 Å². The summed E-state index contributed by atoms with van der Waals surface area (Å²) in [5.41, 5.74) is 1.18. The van der Waals surface area contributed by atoms with Crippen molar-refractivity contribution in [1.82, 2.24) is 10.3 Å². The normalized spacial score (nSPS) is 13.8. The fourth-order valence-electron chi connectivity index (χ4n) is 2.70. The Hall–Kier alpha value is -1.74. The molecular formula is C15H11BrN2. The van der Waals surface area contributed by atoms with Crippen LogP contribution in [-0.4, -0.2) is 11.5 Å². The summed E-state index contributed by atoms with van der Waals surface area (Å²) in [7, 11) is 0. The van der Waals surface area contributed by atoms with Crippen LogP contribution >= 0.6 is 15.9 Å². The Kier molecular flexibility index (Phi) is 2.06. The van der Waals surface area contributed by atoms with Crippen LogP contribution in [-0.2, 0) is 0 Å². The predicted octanol–water partition coefficient (Wildman–Crippen LogP) is 2.21. The molecule has 0 amide bonds. The Bertz CT molecular complexity index is 890. The molecule has 2 N–H and O–H groups in total. The van der Waals surface area contributed by atoms with E-state index in [4.69, 9.17) is 0 Å². The summed E-state index contributed by atoms with van der Waals surface area (Å²) in [6, 6.07) is 10.7. The van der Waals surface area contributed by atoms with E-state index < -0.39 is 0 Å². The molecule has 2 nitrogen and oxygen atoms in total. The third kappa shape index (κ3) is 1.28. The maximum atomic E-state index is 3.66. The Balaban J connectivity index is 2.39. The van der Waals surface area contributed by atoms with E-state index in [0.717, 1.165) is 11.0 Å². The number of aromatic amines is 1. The largest absolute Gasteiger partial charge is 0.387 e. The molecule has 0 aliphatic carbocycles. The van der Waals surface area contributed by atoms with Gasteiger partial charge in [-0.2, -0.15) is 0 Å². The molecule has 0 bridgehead atoms. The van der Waals surface area contributed by atoms with Crippen molar-refractivity contribution >= 4 is 49.9 Å². The number of aromatic nitrogens is 1. The smallest absolute Gasteiger partial charge is 0.0483 e. The van der Waals surface area contributed by atoms with Crippen LogP contribution in [0.2, 0.25) is 0 Å². The second kappa shape index (κ2) is 3.62. The van der Waals surface area contributed by atoms with Gasteiger partial charge in [-0.25, -0.2) is 0 Å². The number of halogens is 1. The number of nitrogens with one attached hydrogen (secondary N) is 2. The average Bonchev–Trinajstić information content (AvgIpc) is 2.77. The third-order valence-corrected chi connectivity index (χ3v) is 4.15. The molecule has 0 fully saturated rings. The lowest BCUT2D eigenvalue weighted by atomic mass is 10.1. The first-order valence-corrected chi connectivity index (χ1v) is 6.76. The average molecular weight is 299 g/mol. The van der Waals surface area contributed by atoms with Gasteiger partial charge in [0.25, 0.3) is 0 Å². The van der Waals surface area contributed by atoms with Gasteiger partial charge in [0.2, 0.25) is 0 Å². The Morgan fingerprint density at radius 3 is 2.83 bits per heavy atom. The topological polar surface area (TPSA) is 27.8 Å². The zero-order chi connectivity index (χ0) is 12.1. The quantitative estimate of drug-likeness (QED) is 0.654. The molecule has 0 radical (unpaired) electrons. The Morgan fingerprint density at radius 1 is 1.11 bits per heavy atom. The number of rotatable bonds is 0. The summed E-state index contributed by atoms with van der Waals surface area (Å²) in [5.74, 6) is 0. The summed E-state index contributed by atoms with van der Waals surface area (Å²) in [6.45, 7) is 0.888. The van der Waals surface area contributed by atoms with Crippen molar-refractivity contribution in [3.63, 3.8) is 0 Å². The van der Waals surface area contributed by atoms with Crippen molar-refractivity contribution in [2.45, 2.75) is 0 Å². The molecule has 0 saturated carbocycles. The Morgan fingerprint density at radius 2 is 1.94 bits per heavy atom. The minimum atomic E-state index is 0.888. The highest BCUT2D eigenvalue weighted by molar-refractivity contribution is 9.10. The summed E-state index contributed by atoms with van der Waals surface area (Å²) >= 11 is 3.66. The fourth-order valence-corrected chi connectivity index (χ4v) is 3.27. The van der Waals surface area contributed by atoms with Gasteiger partial charge >= 0.3 is 0 Å². The van der Waals surface area contributed by atoms with Crippen LogP contribution in [0, 0.1) is 0 Å². The number of H-pyrrole nitrogens is 1. The standard InChI is InChI=1S/C15H11BrN2/c16-12-7-14-15(10-4-2-1-3-9(10)12)11-8-17-6-5-13(11)18-14/h1-5,7-8,17-18H,6H2. The molecule has 1 aliphatic rings. The van der Waals surface area contributed by atoms with Gasteiger partial charge in [0.1, 0.15) is 0 Å².